The van der Waals surface area contributed by atoms with Crippen LogP contribution < -0.4 is 5.32 Å². The van der Waals surface area contributed by atoms with Gasteiger partial charge in [-0.15, -0.1) is 0 Å². The van der Waals surface area contributed by atoms with Crippen LogP contribution in [0.5, 0.6) is 0 Å². The predicted octanol–water partition coefficient (Wildman–Crippen LogP) is 4.83. The summed E-state index contributed by atoms with van der Waals surface area (Å²) in [5.74, 6) is 1.28. The number of carbonyl (C=O) groups is 2. The molecule has 1 aromatic heterocycles. The minimum Gasteiger partial charge on any atom is -0.341 e. The normalized spacial score (nSPS) is 18.5. The lowest BCUT2D eigenvalue weighted by atomic mass is 9.92. The highest BCUT2D eigenvalue weighted by Gasteiger charge is 2.26. The number of thioether (sulfide) groups is 1. The van der Waals surface area contributed by atoms with Crippen molar-refractivity contribution in [3.05, 3.63) is 54.1 Å². The molecule has 0 saturated carbocycles. The van der Waals surface area contributed by atoms with Gasteiger partial charge in [-0.2, -0.15) is 0 Å². The molecule has 1 N–H and O–H groups in total. The fraction of sp³-hybridized carbons (Fsp3) is 0.423. The van der Waals surface area contributed by atoms with Crippen molar-refractivity contribution >= 4 is 40.3 Å². The highest BCUT2D eigenvalue weighted by Crippen LogP contribution is 2.26. The summed E-state index contributed by atoms with van der Waals surface area (Å²) in [5.41, 5.74) is 3.74. The average molecular weight is 465 g/mol. The largest absolute Gasteiger partial charge is 0.341 e. The second kappa shape index (κ2) is 10.4. The Morgan fingerprint density at radius 2 is 1.85 bits per heavy atom. The van der Waals surface area contributed by atoms with Crippen LogP contribution in [0.4, 0.5) is 5.69 Å². The van der Waals surface area contributed by atoms with Crippen LogP contribution in [-0.2, 0) is 22.6 Å². The maximum atomic E-state index is 13.2. The quantitative estimate of drug-likeness (QED) is 0.509. The van der Waals surface area contributed by atoms with Crippen molar-refractivity contribution in [1.29, 1.82) is 0 Å². The lowest BCUT2D eigenvalue weighted by Gasteiger charge is -2.35. The number of benzene rings is 2. The molecule has 2 atom stereocenters. The van der Waals surface area contributed by atoms with Gasteiger partial charge in [-0.25, -0.2) is 4.98 Å². The molecule has 4 rings (SSSR count). The zero-order chi connectivity index (χ0) is 23.4. The van der Waals surface area contributed by atoms with Crippen LogP contribution in [0.1, 0.15) is 32.8 Å². The second-order valence-corrected chi connectivity index (χ2v) is 10.0. The van der Waals surface area contributed by atoms with Crippen molar-refractivity contribution in [3.63, 3.8) is 0 Å². The van der Waals surface area contributed by atoms with Gasteiger partial charge in [0.2, 0.25) is 11.8 Å². The minimum atomic E-state index is -0.0862. The molecule has 0 bridgehead atoms. The van der Waals surface area contributed by atoms with Gasteiger partial charge >= 0.3 is 0 Å². The smallest absolute Gasteiger partial charge is 0.242 e. The number of aryl methyl sites for hydroxylation is 1. The molecule has 2 aromatic carbocycles. The number of fused-ring (bicyclic) bond motifs is 1. The number of para-hydroxylation sites is 2. The van der Waals surface area contributed by atoms with E-state index in [-0.39, 0.29) is 24.1 Å². The number of nitrogens with zero attached hydrogens (tertiary/aromatic N) is 3. The maximum absolute atomic E-state index is 13.2. The zero-order valence-corrected chi connectivity index (χ0v) is 20.4. The molecule has 0 spiro atoms. The van der Waals surface area contributed by atoms with Gasteiger partial charge in [-0.3, -0.25) is 9.59 Å². The van der Waals surface area contributed by atoms with Crippen molar-refractivity contribution in [3.8, 4) is 0 Å². The first-order valence-electron chi connectivity index (χ1n) is 11.7. The molecule has 0 aliphatic carbocycles. The number of piperidine rings is 1. The number of hydrogen-bond donors (Lipinski definition) is 1. The van der Waals surface area contributed by atoms with Crippen molar-refractivity contribution in [1.82, 2.24) is 14.5 Å². The molecule has 7 heteroatoms. The third-order valence-corrected chi connectivity index (χ3v) is 7.06. The van der Waals surface area contributed by atoms with Crippen LogP contribution in [-0.4, -0.2) is 45.1 Å². The fourth-order valence-electron chi connectivity index (χ4n) is 4.61. The van der Waals surface area contributed by atoms with E-state index in [2.05, 4.69) is 26.1 Å². The van der Waals surface area contributed by atoms with Crippen molar-refractivity contribution in [2.75, 3.05) is 24.2 Å². The number of imidazole rings is 1. The van der Waals surface area contributed by atoms with Gasteiger partial charge < -0.3 is 14.8 Å². The Hall–Kier alpha value is -2.80. The summed E-state index contributed by atoms with van der Waals surface area (Å²) in [6, 6.07) is 15.7. The zero-order valence-electron chi connectivity index (χ0n) is 19.6. The first-order chi connectivity index (χ1) is 15.9. The Kier molecular flexibility index (Phi) is 7.38. The summed E-state index contributed by atoms with van der Waals surface area (Å²) >= 11 is 1.37. The van der Waals surface area contributed by atoms with E-state index in [4.69, 9.17) is 4.98 Å². The lowest BCUT2D eigenvalue weighted by molar-refractivity contribution is -0.134. The van der Waals surface area contributed by atoms with Crippen molar-refractivity contribution < 1.29 is 9.59 Å². The van der Waals surface area contributed by atoms with Gasteiger partial charge in [0, 0.05) is 18.8 Å². The topological polar surface area (TPSA) is 67.2 Å². The molecular weight excluding hydrogens is 432 g/mol. The Bertz CT molecular complexity index is 1130. The number of rotatable bonds is 7. The Labute approximate surface area is 199 Å². The Morgan fingerprint density at radius 3 is 2.61 bits per heavy atom. The van der Waals surface area contributed by atoms with Crippen LogP contribution in [0.2, 0.25) is 0 Å². The summed E-state index contributed by atoms with van der Waals surface area (Å²) in [6.45, 7) is 8.35. The molecule has 2 heterocycles. The number of aromatic nitrogens is 2. The first kappa shape index (κ1) is 23.4. The SMILES string of the molecule is CCc1cccc(NC(=O)CSc2nc3ccccc3n2CC(=O)N2C[C@@H](C)C[C@H](C)C2)c1. The number of nitrogens with one attached hydrogen (secondary N) is 1. The molecule has 1 saturated heterocycles. The van der Waals surface area contributed by atoms with E-state index in [1.54, 1.807) is 0 Å². The highest BCUT2D eigenvalue weighted by molar-refractivity contribution is 7.99. The molecule has 1 fully saturated rings. The molecule has 33 heavy (non-hydrogen) atoms. The van der Waals surface area contributed by atoms with Crippen LogP contribution in [0.25, 0.3) is 11.0 Å². The lowest BCUT2D eigenvalue weighted by Crippen LogP contribution is -2.44. The van der Waals surface area contributed by atoms with Crippen molar-refractivity contribution in [2.24, 2.45) is 11.8 Å². The Balaban J connectivity index is 1.47. The summed E-state index contributed by atoms with van der Waals surface area (Å²) in [6.07, 6.45) is 2.08. The molecule has 6 nitrogen and oxygen atoms in total. The van der Waals surface area contributed by atoms with Gasteiger partial charge in [0.15, 0.2) is 5.16 Å². The summed E-state index contributed by atoms with van der Waals surface area (Å²) in [5, 5.41) is 3.66. The summed E-state index contributed by atoms with van der Waals surface area (Å²) in [7, 11) is 0. The molecule has 3 aromatic rings. The number of hydrogen-bond acceptors (Lipinski definition) is 4. The second-order valence-electron chi connectivity index (χ2n) is 9.10. The summed E-state index contributed by atoms with van der Waals surface area (Å²) < 4.78 is 1.96. The maximum Gasteiger partial charge on any atom is 0.242 e. The fourth-order valence-corrected chi connectivity index (χ4v) is 5.43. The Morgan fingerprint density at radius 1 is 1.09 bits per heavy atom. The van der Waals surface area contributed by atoms with Crippen LogP contribution in [0.3, 0.4) is 0 Å². The van der Waals surface area contributed by atoms with E-state index >= 15 is 0 Å². The third-order valence-electron chi connectivity index (χ3n) is 6.09. The van der Waals surface area contributed by atoms with E-state index in [0.717, 1.165) is 42.7 Å². The van der Waals surface area contributed by atoms with Gasteiger partial charge in [-0.05, 0) is 54.5 Å². The monoisotopic (exact) mass is 464 g/mol. The van der Waals surface area contributed by atoms with Crippen LogP contribution >= 0.6 is 11.8 Å². The van der Waals surface area contributed by atoms with E-state index in [1.165, 1.54) is 17.3 Å². The van der Waals surface area contributed by atoms with Gasteiger partial charge in [0.1, 0.15) is 6.54 Å². The standard InChI is InChI=1S/C26H32N4O2S/c1-4-20-8-7-9-21(13-20)27-24(31)17-33-26-28-22-10-5-6-11-23(22)30(26)16-25(32)29-14-18(2)12-19(3)15-29/h5-11,13,18-19H,4,12,14-17H2,1-3H3,(H,27,31)/t18-,19-/m0/s1. The van der Waals surface area contributed by atoms with Gasteiger partial charge in [0.25, 0.3) is 0 Å². The van der Waals surface area contributed by atoms with Crippen molar-refractivity contribution in [2.45, 2.75) is 45.3 Å². The van der Waals surface area contributed by atoms with Crippen LogP contribution in [0, 0.1) is 11.8 Å². The van der Waals surface area contributed by atoms with Gasteiger partial charge in [-0.1, -0.05) is 56.8 Å². The third kappa shape index (κ3) is 5.77. The molecular formula is C26H32N4O2S. The first-order valence-corrected chi connectivity index (χ1v) is 12.7. The number of carbonyl (C=O) groups excluding carboxylic acids is 2. The average Bonchev–Trinajstić information content (AvgIpc) is 3.14. The predicted molar refractivity (Wildman–Crippen MR) is 134 cm³/mol. The minimum absolute atomic E-state index is 0.0862. The molecule has 0 radical (unpaired) electrons. The molecule has 2 amide bonds. The van der Waals surface area contributed by atoms with E-state index in [0.29, 0.717) is 17.0 Å². The van der Waals surface area contributed by atoms with E-state index in [9.17, 15) is 9.59 Å². The number of amides is 2. The highest BCUT2D eigenvalue weighted by atomic mass is 32.2. The molecule has 1 aliphatic heterocycles. The molecule has 174 valence electrons. The summed E-state index contributed by atoms with van der Waals surface area (Å²) in [4.78, 5) is 32.5. The van der Waals surface area contributed by atoms with E-state index in [1.807, 2.05) is 58.0 Å². The van der Waals surface area contributed by atoms with E-state index < -0.39 is 0 Å². The van der Waals surface area contributed by atoms with Gasteiger partial charge in [0.05, 0.1) is 16.8 Å². The number of anilines is 1. The molecule has 1 aliphatic rings. The molecule has 0 unspecified atom stereocenters. The van der Waals surface area contributed by atoms with Crippen LogP contribution in [0.15, 0.2) is 53.7 Å². The number of likely N-dealkylation sites (tertiary alicyclic amines) is 1.